The fraction of sp³-hybridized carbons (Fsp3) is 0.474. The number of nitrogens with zero attached hydrogens (tertiary/aromatic N) is 1. The second-order valence-electron chi connectivity index (χ2n) is 6.33. The summed E-state index contributed by atoms with van der Waals surface area (Å²) in [5, 5.41) is 2.93. The molecule has 1 heterocycles. The maximum atomic E-state index is 12.1. The van der Waals surface area contributed by atoms with Crippen molar-refractivity contribution in [1.29, 1.82) is 0 Å². The molecule has 0 aliphatic carbocycles. The highest BCUT2D eigenvalue weighted by molar-refractivity contribution is 5.88. The molecule has 24 heavy (non-hydrogen) atoms. The summed E-state index contributed by atoms with van der Waals surface area (Å²) in [6, 6.07) is 7.73. The van der Waals surface area contributed by atoms with Gasteiger partial charge in [0.25, 0.3) is 0 Å². The smallest absolute Gasteiger partial charge is 0.244 e. The van der Waals surface area contributed by atoms with E-state index in [0.717, 1.165) is 29.9 Å². The molecule has 5 heteroatoms. The summed E-state index contributed by atoms with van der Waals surface area (Å²) in [4.78, 5) is 25.6. The van der Waals surface area contributed by atoms with Crippen molar-refractivity contribution < 1.29 is 14.3 Å². The van der Waals surface area contributed by atoms with E-state index in [0.29, 0.717) is 19.4 Å². The van der Waals surface area contributed by atoms with Crippen LogP contribution in [0.15, 0.2) is 35.9 Å². The average molecular weight is 330 g/mol. The number of likely N-dealkylation sites (tertiary alicyclic amines) is 1. The molecular weight excluding hydrogens is 304 g/mol. The first-order valence-electron chi connectivity index (χ1n) is 8.37. The van der Waals surface area contributed by atoms with Crippen LogP contribution in [0.2, 0.25) is 0 Å². The van der Waals surface area contributed by atoms with E-state index >= 15 is 0 Å². The van der Waals surface area contributed by atoms with Crippen LogP contribution < -0.4 is 10.1 Å². The van der Waals surface area contributed by atoms with Gasteiger partial charge >= 0.3 is 0 Å². The summed E-state index contributed by atoms with van der Waals surface area (Å²) in [6.07, 6.45) is 3.82. The van der Waals surface area contributed by atoms with Crippen LogP contribution in [0.25, 0.3) is 0 Å². The summed E-state index contributed by atoms with van der Waals surface area (Å²) < 4.78 is 5.33. The van der Waals surface area contributed by atoms with Gasteiger partial charge in [-0.25, -0.2) is 0 Å². The van der Waals surface area contributed by atoms with Gasteiger partial charge < -0.3 is 15.0 Å². The second-order valence-corrected chi connectivity index (χ2v) is 6.33. The number of hydrogen-bond acceptors (Lipinski definition) is 3. The lowest BCUT2D eigenvalue weighted by atomic mass is 10.0. The van der Waals surface area contributed by atoms with Crippen LogP contribution in [0.1, 0.15) is 32.3 Å². The predicted molar refractivity (Wildman–Crippen MR) is 93.9 cm³/mol. The number of amides is 2. The molecule has 1 saturated heterocycles. The molecule has 1 aliphatic heterocycles. The normalized spacial score (nSPS) is 16.2. The van der Waals surface area contributed by atoms with Gasteiger partial charge in [0, 0.05) is 31.6 Å². The molecule has 2 amide bonds. The van der Waals surface area contributed by atoms with E-state index in [4.69, 9.17) is 4.74 Å². The Morgan fingerprint density at radius 3 is 2.83 bits per heavy atom. The number of allylic oxidation sites excluding steroid dienone is 1. The van der Waals surface area contributed by atoms with Gasteiger partial charge in [0.2, 0.25) is 11.8 Å². The topological polar surface area (TPSA) is 58.6 Å². The van der Waals surface area contributed by atoms with Crippen molar-refractivity contribution in [3.8, 4) is 5.75 Å². The van der Waals surface area contributed by atoms with Crippen molar-refractivity contribution in [2.75, 3.05) is 20.2 Å². The molecule has 0 radical (unpaired) electrons. The number of methoxy groups -OCH3 is 1. The minimum atomic E-state index is -0.124. The number of nitrogens with one attached hydrogen (secondary N) is 1. The fourth-order valence-electron chi connectivity index (χ4n) is 2.98. The number of para-hydroxylation sites is 1. The molecular formula is C19H26N2O3. The Balaban J connectivity index is 1.87. The van der Waals surface area contributed by atoms with E-state index < -0.39 is 0 Å². The highest BCUT2D eigenvalue weighted by Crippen LogP contribution is 2.20. The monoisotopic (exact) mass is 330 g/mol. The van der Waals surface area contributed by atoms with Crippen molar-refractivity contribution in [2.45, 2.75) is 39.2 Å². The third-order valence-electron chi connectivity index (χ3n) is 4.09. The van der Waals surface area contributed by atoms with Crippen LogP contribution in [0, 0.1) is 0 Å². The Bertz CT molecular complexity index is 625. The molecule has 0 spiro atoms. The average Bonchev–Trinajstić information content (AvgIpc) is 2.92. The largest absolute Gasteiger partial charge is 0.496 e. The quantitative estimate of drug-likeness (QED) is 0.781. The molecule has 0 bridgehead atoms. The van der Waals surface area contributed by atoms with Crippen molar-refractivity contribution in [2.24, 2.45) is 0 Å². The lowest BCUT2D eigenvalue weighted by Gasteiger charge is -2.21. The molecule has 0 unspecified atom stereocenters. The Morgan fingerprint density at radius 2 is 2.17 bits per heavy atom. The van der Waals surface area contributed by atoms with E-state index in [1.54, 1.807) is 13.2 Å². The SMILES string of the molecule is COc1ccccc1C/C(C)=C/C(=O)N[C@H](C)CN1CCCC1=O. The molecule has 2 rings (SSSR count). The van der Waals surface area contributed by atoms with Crippen LogP contribution in [-0.4, -0.2) is 43.0 Å². The lowest BCUT2D eigenvalue weighted by Crippen LogP contribution is -2.41. The lowest BCUT2D eigenvalue weighted by molar-refractivity contribution is -0.128. The van der Waals surface area contributed by atoms with Gasteiger partial charge in [0.1, 0.15) is 5.75 Å². The van der Waals surface area contributed by atoms with Crippen molar-refractivity contribution in [3.63, 3.8) is 0 Å². The molecule has 0 aromatic heterocycles. The molecule has 0 saturated carbocycles. The van der Waals surface area contributed by atoms with Crippen LogP contribution in [0.4, 0.5) is 0 Å². The van der Waals surface area contributed by atoms with Gasteiger partial charge in [-0.3, -0.25) is 9.59 Å². The maximum absolute atomic E-state index is 12.1. The van der Waals surface area contributed by atoms with Crippen molar-refractivity contribution in [1.82, 2.24) is 10.2 Å². The van der Waals surface area contributed by atoms with Gasteiger partial charge in [-0.2, -0.15) is 0 Å². The molecule has 1 aromatic carbocycles. The molecule has 1 aromatic rings. The molecule has 1 aliphatic rings. The minimum absolute atomic E-state index is 0.0603. The zero-order valence-corrected chi connectivity index (χ0v) is 14.7. The highest BCUT2D eigenvalue weighted by atomic mass is 16.5. The zero-order chi connectivity index (χ0) is 17.5. The first-order chi connectivity index (χ1) is 11.5. The standard InChI is InChI=1S/C19H26N2O3/c1-14(11-16-7-4-5-8-17(16)24-3)12-18(22)20-15(2)13-21-10-6-9-19(21)23/h4-5,7-8,12,15H,6,9-11,13H2,1-3H3,(H,20,22)/b14-12+/t15-/m1/s1. The fourth-order valence-corrected chi connectivity index (χ4v) is 2.98. The number of rotatable bonds is 7. The van der Waals surface area contributed by atoms with E-state index in [1.807, 2.05) is 43.0 Å². The zero-order valence-electron chi connectivity index (χ0n) is 14.7. The number of carbonyl (C=O) groups excluding carboxylic acids is 2. The Labute approximate surface area is 143 Å². The molecule has 1 N–H and O–H groups in total. The van der Waals surface area contributed by atoms with Gasteiger partial charge in [0.15, 0.2) is 0 Å². The number of carbonyl (C=O) groups is 2. The van der Waals surface area contributed by atoms with E-state index in [1.165, 1.54) is 0 Å². The Hall–Kier alpha value is -2.30. The van der Waals surface area contributed by atoms with Crippen LogP contribution in [0.5, 0.6) is 5.75 Å². The van der Waals surface area contributed by atoms with Gasteiger partial charge in [-0.1, -0.05) is 23.8 Å². The van der Waals surface area contributed by atoms with E-state index in [-0.39, 0.29) is 17.9 Å². The van der Waals surface area contributed by atoms with Gasteiger partial charge in [-0.05, 0) is 38.3 Å². The summed E-state index contributed by atoms with van der Waals surface area (Å²) in [7, 11) is 1.64. The minimum Gasteiger partial charge on any atom is -0.496 e. The highest BCUT2D eigenvalue weighted by Gasteiger charge is 2.22. The Kier molecular flexibility index (Phi) is 6.41. The first-order valence-corrected chi connectivity index (χ1v) is 8.37. The summed E-state index contributed by atoms with van der Waals surface area (Å²) in [5.41, 5.74) is 2.01. The van der Waals surface area contributed by atoms with Crippen molar-refractivity contribution in [3.05, 3.63) is 41.5 Å². The summed E-state index contributed by atoms with van der Waals surface area (Å²) >= 11 is 0. The van der Waals surface area contributed by atoms with E-state index in [2.05, 4.69) is 5.32 Å². The summed E-state index contributed by atoms with van der Waals surface area (Å²) in [5.74, 6) is 0.882. The van der Waals surface area contributed by atoms with E-state index in [9.17, 15) is 9.59 Å². The third kappa shape index (κ3) is 5.11. The van der Waals surface area contributed by atoms with Crippen molar-refractivity contribution >= 4 is 11.8 Å². The first kappa shape index (κ1) is 18.0. The summed E-state index contributed by atoms with van der Waals surface area (Å²) in [6.45, 7) is 5.22. The number of hydrogen-bond donors (Lipinski definition) is 1. The van der Waals surface area contributed by atoms with Gasteiger partial charge in [-0.15, -0.1) is 0 Å². The van der Waals surface area contributed by atoms with Crippen LogP contribution >= 0.6 is 0 Å². The molecule has 1 fully saturated rings. The molecule has 130 valence electrons. The number of benzene rings is 1. The van der Waals surface area contributed by atoms with Crippen LogP contribution in [-0.2, 0) is 16.0 Å². The maximum Gasteiger partial charge on any atom is 0.244 e. The number of ether oxygens (including phenoxy) is 1. The van der Waals surface area contributed by atoms with Crippen LogP contribution in [0.3, 0.4) is 0 Å². The Morgan fingerprint density at radius 1 is 1.42 bits per heavy atom. The van der Waals surface area contributed by atoms with Gasteiger partial charge in [0.05, 0.1) is 7.11 Å². The molecule has 1 atom stereocenters. The predicted octanol–water partition coefficient (Wildman–Crippen LogP) is 2.31. The molecule has 5 nitrogen and oxygen atoms in total. The third-order valence-corrected chi connectivity index (χ3v) is 4.09. The second kappa shape index (κ2) is 8.52.